The molecule has 3 nitrogen and oxygen atoms in total. The van der Waals surface area contributed by atoms with Gasteiger partial charge >= 0.3 is 0 Å². The van der Waals surface area contributed by atoms with Gasteiger partial charge in [0.15, 0.2) is 0 Å². The summed E-state index contributed by atoms with van der Waals surface area (Å²) in [5.41, 5.74) is 0.910. The molecule has 0 saturated heterocycles. The van der Waals surface area contributed by atoms with Gasteiger partial charge in [-0.15, -0.1) is 0 Å². The van der Waals surface area contributed by atoms with E-state index in [9.17, 15) is 10.2 Å². The fraction of sp³-hybridized carbons (Fsp3) is 0.538. The highest BCUT2D eigenvalue weighted by atomic mass is 32.2. The smallest absolute Gasteiger partial charge is 0.119 e. The van der Waals surface area contributed by atoms with Gasteiger partial charge in [0.05, 0.1) is 0 Å². The topological polar surface area (TPSA) is 52.5 Å². The minimum absolute atomic E-state index is 0.107. The summed E-state index contributed by atoms with van der Waals surface area (Å²) in [5, 5.41) is 22.2. The highest BCUT2D eigenvalue weighted by Gasteiger charge is 2.06. The predicted molar refractivity (Wildman–Crippen MR) is 73.8 cm³/mol. The van der Waals surface area contributed by atoms with Crippen LogP contribution in [0.15, 0.2) is 18.2 Å². The van der Waals surface area contributed by atoms with Gasteiger partial charge in [0.1, 0.15) is 11.5 Å². The van der Waals surface area contributed by atoms with E-state index < -0.39 is 0 Å². The molecule has 0 bridgehead atoms. The van der Waals surface area contributed by atoms with Gasteiger partial charge in [-0.3, -0.25) is 0 Å². The molecule has 4 heteroatoms. The fourth-order valence-electron chi connectivity index (χ4n) is 1.68. The van der Waals surface area contributed by atoms with Crippen LogP contribution in [-0.4, -0.2) is 28.8 Å². The minimum Gasteiger partial charge on any atom is -0.508 e. The number of hydrogen-bond donors (Lipinski definition) is 3. The molecule has 1 unspecified atom stereocenters. The second-order valence-corrected chi connectivity index (χ2v) is 5.14. The summed E-state index contributed by atoms with van der Waals surface area (Å²) in [5.74, 6) is 1.41. The number of hydrogen-bond acceptors (Lipinski definition) is 4. The fourth-order valence-corrected chi connectivity index (χ4v) is 2.17. The van der Waals surface area contributed by atoms with E-state index in [1.165, 1.54) is 18.2 Å². The molecule has 96 valence electrons. The van der Waals surface area contributed by atoms with E-state index in [1.54, 1.807) is 12.1 Å². The molecule has 0 aliphatic rings. The second-order valence-electron chi connectivity index (χ2n) is 4.16. The number of rotatable bonds is 7. The van der Waals surface area contributed by atoms with Crippen LogP contribution in [0.3, 0.4) is 0 Å². The van der Waals surface area contributed by atoms with E-state index in [1.807, 2.05) is 18.7 Å². The van der Waals surface area contributed by atoms with Gasteiger partial charge in [0, 0.05) is 12.1 Å². The molecular weight excluding hydrogens is 234 g/mol. The standard InChI is InChI=1S/C13H21NO2S/c1-10(14-5-3-4-6-17-2)11-7-12(15)9-13(16)8-11/h7-10,14-16H,3-6H2,1-2H3. The minimum atomic E-state index is 0.107. The summed E-state index contributed by atoms with van der Waals surface area (Å²) < 4.78 is 0. The first-order valence-corrected chi connectivity index (χ1v) is 7.28. The number of benzene rings is 1. The van der Waals surface area contributed by atoms with Crippen LogP contribution in [0.2, 0.25) is 0 Å². The van der Waals surface area contributed by atoms with Gasteiger partial charge in [-0.2, -0.15) is 11.8 Å². The van der Waals surface area contributed by atoms with E-state index in [2.05, 4.69) is 11.6 Å². The Labute approximate surface area is 107 Å². The highest BCUT2D eigenvalue weighted by Crippen LogP contribution is 2.24. The zero-order valence-corrected chi connectivity index (χ0v) is 11.3. The van der Waals surface area contributed by atoms with Crippen molar-refractivity contribution >= 4 is 11.8 Å². The number of aromatic hydroxyl groups is 2. The Hall–Kier alpha value is -0.870. The Balaban J connectivity index is 2.38. The van der Waals surface area contributed by atoms with Crippen molar-refractivity contribution in [2.75, 3.05) is 18.6 Å². The van der Waals surface area contributed by atoms with Crippen LogP contribution in [0.4, 0.5) is 0 Å². The van der Waals surface area contributed by atoms with Crippen molar-refractivity contribution in [3.8, 4) is 11.5 Å². The van der Waals surface area contributed by atoms with Crippen molar-refractivity contribution in [3.63, 3.8) is 0 Å². The third-order valence-electron chi connectivity index (χ3n) is 2.65. The summed E-state index contributed by atoms with van der Waals surface area (Å²) in [6.45, 7) is 2.99. The first-order chi connectivity index (χ1) is 8.13. The van der Waals surface area contributed by atoms with E-state index >= 15 is 0 Å². The lowest BCUT2D eigenvalue weighted by molar-refractivity contribution is 0.446. The molecule has 0 heterocycles. The number of nitrogens with one attached hydrogen (secondary N) is 1. The van der Waals surface area contributed by atoms with E-state index in [0.717, 1.165) is 18.5 Å². The quantitative estimate of drug-likeness (QED) is 0.656. The second kappa shape index (κ2) is 7.45. The van der Waals surface area contributed by atoms with Gasteiger partial charge in [-0.05, 0) is 56.0 Å². The molecule has 1 aromatic carbocycles. The molecule has 0 amide bonds. The molecule has 0 spiro atoms. The first kappa shape index (κ1) is 14.2. The molecule has 1 rings (SSSR count). The van der Waals surface area contributed by atoms with Crippen molar-refractivity contribution in [1.82, 2.24) is 5.32 Å². The normalized spacial score (nSPS) is 12.6. The molecule has 0 aliphatic carbocycles. The molecule has 0 radical (unpaired) electrons. The summed E-state index contributed by atoms with van der Waals surface area (Å²) in [7, 11) is 0. The Bertz CT molecular complexity index is 324. The predicted octanol–water partition coefficient (Wildman–Crippen LogP) is 2.89. The summed E-state index contributed by atoms with van der Waals surface area (Å²) in [4.78, 5) is 0. The summed E-state index contributed by atoms with van der Waals surface area (Å²) in [6, 6.07) is 4.84. The van der Waals surface area contributed by atoms with Crippen molar-refractivity contribution in [2.24, 2.45) is 0 Å². The van der Waals surface area contributed by atoms with Crippen LogP contribution in [0, 0.1) is 0 Å². The van der Waals surface area contributed by atoms with E-state index in [-0.39, 0.29) is 17.5 Å². The molecule has 1 atom stereocenters. The van der Waals surface area contributed by atoms with E-state index in [0.29, 0.717) is 0 Å². The number of phenols is 2. The average Bonchev–Trinajstić information content (AvgIpc) is 2.27. The lowest BCUT2D eigenvalue weighted by Crippen LogP contribution is -2.19. The lowest BCUT2D eigenvalue weighted by Gasteiger charge is -2.14. The average molecular weight is 255 g/mol. The van der Waals surface area contributed by atoms with Gasteiger partial charge in [-0.1, -0.05) is 0 Å². The van der Waals surface area contributed by atoms with Gasteiger partial charge in [0.25, 0.3) is 0 Å². The van der Waals surface area contributed by atoms with Crippen LogP contribution in [0.25, 0.3) is 0 Å². The van der Waals surface area contributed by atoms with Crippen LogP contribution < -0.4 is 5.32 Å². The maximum atomic E-state index is 9.39. The maximum Gasteiger partial charge on any atom is 0.119 e. The zero-order valence-electron chi connectivity index (χ0n) is 10.4. The lowest BCUT2D eigenvalue weighted by atomic mass is 10.1. The Morgan fingerprint density at radius 1 is 1.18 bits per heavy atom. The third-order valence-corrected chi connectivity index (χ3v) is 3.35. The molecule has 0 fully saturated rings. The van der Waals surface area contributed by atoms with E-state index in [4.69, 9.17) is 0 Å². The first-order valence-electron chi connectivity index (χ1n) is 5.88. The molecule has 17 heavy (non-hydrogen) atoms. The largest absolute Gasteiger partial charge is 0.508 e. The van der Waals surface area contributed by atoms with Crippen molar-refractivity contribution in [1.29, 1.82) is 0 Å². The Kier molecular flexibility index (Phi) is 6.22. The molecule has 0 saturated carbocycles. The molecule has 0 aromatic heterocycles. The molecule has 1 aromatic rings. The molecule has 0 aliphatic heterocycles. The Morgan fingerprint density at radius 2 is 1.82 bits per heavy atom. The Morgan fingerprint density at radius 3 is 2.41 bits per heavy atom. The molecular formula is C13H21NO2S. The zero-order chi connectivity index (χ0) is 12.7. The summed E-state index contributed by atoms with van der Waals surface area (Å²) in [6.07, 6.45) is 4.48. The SMILES string of the molecule is CSCCCCNC(C)c1cc(O)cc(O)c1. The van der Waals surface area contributed by atoms with Crippen molar-refractivity contribution < 1.29 is 10.2 Å². The number of phenolic OH excluding ortho intramolecular Hbond substituents is 2. The van der Waals surface area contributed by atoms with Crippen LogP contribution in [0.1, 0.15) is 31.4 Å². The monoisotopic (exact) mass is 255 g/mol. The molecule has 3 N–H and O–H groups in total. The van der Waals surface area contributed by atoms with Crippen molar-refractivity contribution in [2.45, 2.75) is 25.8 Å². The van der Waals surface area contributed by atoms with Crippen LogP contribution in [0.5, 0.6) is 11.5 Å². The summed E-state index contributed by atoms with van der Waals surface area (Å²) >= 11 is 1.87. The third kappa shape index (κ3) is 5.33. The van der Waals surface area contributed by atoms with Crippen LogP contribution >= 0.6 is 11.8 Å². The maximum absolute atomic E-state index is 9.39. The van der Waals surface area contributed by atoms with Gasteiger partial charge in [0.2, 0.25) is 0 Å². The van der Waals surface area contributed by atoms with Gasteiger partial charge < -0.3 is 15.5 Å². The van der Waals surface area contributed by atoms with Crippen molar-refractivity contribution in [3.05, 3.63) is 23.8 Å². The van der Waals surface area contributed by atoms with Crippen LogP contribution in [-0.2, 0) is 0 Å². The van der Waals surface area contributed by atoms with Gasteiger partial charge in [-0.25, -0.2) is 0 Å². The number of unbranched alkanes of at least 4 members (excludes halogenated alkanes) is 1. The number of thioether (sulfide) groups is 1. The highest BCUT2D eigenvalue weighted by molar-refractivity contribution is 7.98.